The van der Waals surface area contributed by atoms with Crippen LogP contribution in [0.3, 0.4) is 0 Å². The minimum atomic E-state index is 1.44. The Balaban J connectivity index is 0.000000222. The van der Waals surface area contributed by atoms with E-state index in [1.54, 1.807) is 0 Å². The predicted molar refractivity (Wildman–Crippen MR) is 31.2 cm³/mol. The second kappa shape index (κ2) is 6.01. The van der Waals surface area contributed by atoms with Crippen molar-refractivity contribution in [2.45, 2.75) is 13.8 Å². The molecule has 8 heavy (non-hydrogen) atoms. The Kier molecular flexibility index (Phi) is 5.27. The molecule has 0 bridgehead atoms. The fourth-order valence-corrected chi connectivity index (χ4v) is 0.205. The Morgan fingerprint density at radius 3 is 1.12 bits per heavy atom. The molecule has 3 nitrogen and oxygen atoms in total. The number of nitrogens with zero attached hydrogens (tertiary/aromatic N) is 3. The van der Waals surface area contributed by atoms with Crippen molar-refractivity contribution in [3.8, 4) is 0 Å². The maximum atomic E-state index is 3.56. The minimum Gasteiger partial charge on any atom is -0.225 e. The molecule has 0 aliphatic carbocycles. The third-order valence-corrected chi connectivity index (χ3v) is 0.400. The van der Waals surface area contributed by atoms with Crippen LogP contribution in [0.4, 0.5) is 0 Å². The summed E-state index contributed by atoms with van der Waals surface area (Å²) in [5, 5.41) is 0. The van der Waals surface area contributed by atoms with Crippen molar-refractivity contribution in [3.05, 3.63) is 19.0 Å². The lowest BCUT2D eigenvalue weighted by atomic mass is 11.0. The lowest BCUT2D eigenvalue weighted by Gasteiger charge is -1.69. The molecule has 0 saturated carbocycles. The lowest BCUT2D eigenvalue weighted by Crippen LogP contribution is -1.73. The van der Waals surface area contributed by atoms with Crippen LogP contribution in [0.2, 0.25) is 0 Å². The number of rotatable bonds is 0. The van der Waals surface area contributed by atoms with Crippen molar-refractivity contribution in [1.82, 2.24) is 15.0 Å². The Bertz CT molecular complexity index is 79.6. The van der Waals surface area contributed by atoms with Crippen LogP contribution in [0.25, 0.3) is 0 Å². The van der Waals surface area contributed by atoms with E-state index in [9.17, 15) is 0 Å². The first-order valence-corrected chi connectivity index (χ1v) is 2.55. The van der Waals surface area contributed by atoms with Crippen molar-refractivity contribution in [3.63, 3.8) is 0 Å². The first kappa shape index (κ1) is 7.01. The van der Waals surface area contributed by atoms with Gasteiger partial charge in [-0.05, 0) is 0 Å². The summed E-state index contributed by atoms with van der Waals surface area (Å²) in [5.41, 5.74) is 0. The van der Waals surface area contributed by atoms with Crippen molar-refractivity contribution in [2.75, 3.05) is 0 Å². The van der Waals surface area contributed by atoms with Crippen molar-refractivity contribution < 1.29 is 0 Å². The highest BCUT2D eigenvalue weighted by atomic mass is 14.9. The molecule has 0 aliphatic rings. The van der Waals surface area contributed by atoms with Gasteiger partial charge < -0.3 is 0 Å². The summed E-state index contributed by atoms with van der Waals surface area (Å²) < 4.78 is 0. The molecule has 0 atom stereocenters. The van der Waals surface area contributed by atoms with Gasteiger partial charge in [-0.2, -0.15) is 0 Å². The van der Waals surface area contributed by atoms with Gasteiger partial charge in [0.1, 0.15) is 19.0 Å². The quantitative estimate of drug-likeness (QED) is 0.499. The van der Waals surface area contributed by atoms with E-state index in [0.717, 1.165) is 0 Å². The standard InChI is InChI=1S/C3H3N3.C2H6/c1-4-2-6-3-5-1;1-2/h1-3H;1-2H3. The topological polar surface area (TPSA) is 38.7 Å². The fraction of sp³-hybridized carbons (Fsp3) is 0.400. The number of hydrogen-bond donors (Lipinski definition) is 0. The smallest absolute Gasteiger partial charge is 0.119 e. The Hall–Kier alpha value is -0.990. The normalized spacial score (nSPS) is 6.75. The predicted octanol–water partition coefficient (Wildman–Crippen LogP) is 0.898. The maximum Gasteiger partial charge on any atom is 0.119 e. The van der Waals surface area contributed by atoms with Gasteiger partial charge in [0.15, 0.2) is 0 Å². The average molecular weight is 111 g/mol. The highest BCUT2D eigenvalue weighted by Crippen LogP contribution is 1.57. The summed E-state index contributed by atoms with van der Waals surface area (Å²) in [4.78, 5) is 10.7. The summed E-state index contributed by atoms with van der Waals surface area (Å²) in [6, 6.07) is 0. The molecule has 0 spiro atoms. The second-order valence-corrected chi connectivity index (χ2v) is 0.794. The Morgan fingerprint density at radius 2 is 1.00 bits per heavy atom. The summed E-state index contributed by atoms with van der Waals surface area (Å²) in [7, 11) is 0. The third-order valence-electron chi connectivity index (χ3n) is 0.400. The van der Waals surface area contributed by atoms with Crippen LogP contribution in [0.15, 0.2) is 19.0 Å². The number of hydrogen-bond acceptors (Lipinski definition) is 3. The van der Waals surface area contributed by atoms with E-state index in [1.165, 1.54) is 19.0 Å². The molecule has 0 radical (unpaired) electrons. The Morgan fingerprint density at radius 1 is 0.750 bits per heavy atom. The van der Waals surface area contributed by atoms with Crippen LogP contribution in [0, 0.1) is 0 Å². The van der Waals surface area contributed by atoms with E-state index in [4.69, 9.17) is 0 Å². The molecule has 1 aromatic rings. The molecule has 1 rings (SSSR count). The summed E-state index contributed by atoms with van der Waals surface area (Å²) in [6.45, 7) is 4.00. The molecule has 0 aliphatic heterocycles. The number of aromatic nitrogens is 3. The Labute approximate surface area is 48.8 Å². The first-order chi connectivity index (χ1) is 4.00. The molecule has 1 aromatic heterocycles. The monoisotopic (exact) mass is 111 g/mol. The molecule has 0 fully saturated rings. The van der Waals surface area contributed by atoms with Crippen LogP contribution in [0.1, 0.15) is 13.8 Å². The molecular formula is C5H9N3. The molecule has 0 saturated heterocycles. The van der Waals surface area contributed by atoms with Crippen LogP contribution in [0.5, 0.6) is 0 Å². The van der Waals surface area contributed by atoms with Gasteiger partial charge in [-0.3, -0.25) is 0 Å². The molecule has 0 N–H and O–H groups in total. The lowest BCUT2D eigenvalue weighted by molar-refractivity contribution is 1.05. The van der Waals surface area contributed by atoms with Gasteiger partial charge in [-0.15, -0.1) is 0 Å². The average Bonchev–Trinajstić information content (AvgIpc) is 1.96. The highest BCUT2D eigenvalue weighted by Gasteiger charge is 1.59. The van der Waals surface area contributed by atoms with Gasteiger partial charge in [-0.1, -0.05) is 13.8 Å². The molecular weight excluding hydrogens is 102 g/mol. The second-order valence-electron chi connectivity index (χ2n) is 0.794. The van der Waals surface area contributed by atoms with Crippen LogP contribution in [-0.2, 0) is 0 Å². The SMILES string of the molecule is CC.c1ncncn1. The van der Waals surface area contributed by atoms with Gasteiger partial charge in [0.05, 0.1) is 0 Å². The highest BCUT2D eigenvalue weighted by molar-refractivity contribution is 4.51. The van der Waals surface area contributed by atoms with E-state index in [-0.39, 0.29) is 0 Å². The van der Waals surface area contributed by atoms with Gasteiger partial charge in [-0.25, -0.2) is 15.0 Å². The fourth-order valence-electron chi connectivity index (χ4n) is 0.205. The molecule has 44 valence electrons. The first-order valence-electron chi connectivity index (χ1n) is 2.55. The van der Waals surface area contributed by atoms with E-state index in [0.29, 0.717) is 0 Å². The summed E-state index contributed by atoms with van der Waals surface area (Å²) in [5.74, 6) is 0. The van der Waals surface area contributed by atoms with Crippen LogP contribution >= 0.6 is 0 Å². The van der Waals surface area contributed by atoms with Crippen molar-refractivity contribution in [1.29, 1.82) is 0 Å². The summed E-state index contributed by atoms with van der Waals surface area (Å²) >= 11 is 0. The zero-order chi connectivity index (χ0) is 6.24. The molecule has 0 unspecified atom stereocenters. The van der Waals surface area contributed by atoms with Gasteiger partial charge in [0, 0.05) is 0 Å². The van der Waals surface area contributed by atoms with Crippen molar-refractivity contribution >= 4 is 0 Å². The van der Waals surface area contributed by atoms with Gasteiger partial charge >= 0.3 is 0 Å². The van der Waals surface area contributed by atoms with Gasteiger partial charge in [0.25, 0.3) is 0 Å². The van der Waals surface area contributed by atoms with Crippen LogP contribution in [-0.4, -0.2) is 15.0 Å². The van der Waals surface area contributed by atoms with E-state index in [2.05, 4.69) is 15.0 Å². The molecule has 0 amide bonds. The largest absolute Gasteiger partial charge is 0.225 e. The van der Waals surface area contributed by atoms with E-state index in [1.807, 2.05) is 13.8 Å². The molecule has 0 aromatic carbocycles. The van der Waals surface area contributed by atoms with Gasteiger partial charge in [0.2, 0.25) is 0 Å². The van der Waals surface area contributed by atoms with E-state index < -0.39 is 0 Å². The maximum absolute atomic E-state index is 3.56. The zero-order valence-corrected chi connectivity index (χ0v) is 5.07. The van der Waals surface area contributed by atoms with E-state index >= 15 is 0 Å². The minimum absolute atomic E-state index is 1.44. The van der Waals surface area contributed by atoms with Crippen molar-refractivity contribution in [2.24, 2.45) is 0 Å². The molecule has 3 heteroatoms. The summed E-state index contributed by atoms with van der Waals surface area (Å²) in [6.07, 6.45) is 4.31. The third kappa shape index (κ3) is 3.21. The molecule has 1 heterocycles. The zero-order valence-electron chi connectivity index (χ0n) is 5.07. The van der Waals surface area contributed by atoms with Crippen LogP contribution < -0.4 is 0 Å².